The molecule has 1 aliphatic carbocycles. The molecule has 7 nitrogen and oxygen atoms in total. The van der Waals surface area contributed by atoms with Crippen LogP contribution in [0.5, 0.6) is 0 Å². The van der Waals surface area contributed by atoms with E-state index in [2.05, 4.69) is 26.8 Å². The number of alkyl halides is 2. The number of aryl methyl sites for hydroxylation is 1. The molecule has 1 aliphatic rings. The van der Waals surface area contributed by atoms with Gasteiger partial charge in [0.1, 0.15) is 6.07 Å². The van der Waals surface area contributed by atoms with Crippen LogP contribution >= 0.6 is 0 Å². The Bertz CT molecular complexity index is 1120. The second kappa shape index (κ2) is 8.29. The standard InChI is InChI=1S/C21H19F2N7/c22-21(23)30-12-17(11-27-30)29-19-7-16(5-4-15(19)9-25)28-18-3-1-2-14-6-13(8-24)10-26-20(14)18/h4-7,9-12,18,21,25,28-29H,1-3H2. The molecule has 3 aromatic rings. The van der Waals surface area contributed by atoms with Crippen LogP contribution in [0.25, 0.3) is 0 Å². The van der Waals surface area contributed by atoms with Gasteiger partial charge in [-0.3, -0.25) is 4.98 Å². The van der Waals surface area contributed by atoms with E-state index in [-0.39, 0.29) is 6.04 Å². The third-order valence-corrected chi connectivity index (χ3v) is 5.03. The summed E-state index contributed by atoms with van der Waals surface area (Å²) in [6.45, 7) is -2.71. The zero-order valence-corrected chi connectivity index (χ0v) is 15.9. The molecular weight excluding hydrogens is 388 g/mol. The Morgan fingerprint density at radius 2 is 2.13 bits per heavy atom. The smallest absolute Gasteiger partial charge is 0.333 e. The number of nitrogens with one attached hydrogen (secondary N) is 3. The molecular formula is C21H19F2N7. The van der Waals surface area contributed by atoms with Gasteiger partial charge in [-0.1, -0.05) is 0 Å². The van der Waals surface area contributed by atoms with E-state index in [1.807, 2.05) is 18.2 Å². The molecule has 152 valence electrons. The van der Waals surface area contributed by atoms with Crippen LogP contribution in [-0.2, 0) is 6.42 Å². The fourth-order valence-corrected chi connectivity index (χ4v) is 3.62. The van der Waals surface area contributed by atoms with Gasteiger partial charge in [-0.2, -0.15) is 19.1 Å². The lowest BCUT2D eigenvalue weighted by Crippen LogP contribution is -2.19. The van der Waals surface area contributed by atoms with E-state index >= 15 is 0 Å². The maximum atomic E-state index is 12.8. The topological polar surface area (TPSA) is 102 Å². The Kier molecular flexibility index (Phi) is 5.39. The number of halogens is 2. The number of aromatic nitrogens is 3. The molecule has 0 saturated carbocycles. The van der Waals surface area contributed by atoms with Gasteiger partial charge < -0.3 is 16.0 Å². The number of hydrogen-bond acceptors (Lipinski definition) is 6. The van der Waals surface area contributed by atoms with Crippen molar-refractivity contribution in [1.29, 1.82) is 10.7 Å². The molecule has 2 aromatic heterocycles. The highest BCUT2D eigenvalue weighted by atomic mass is 19.3. The van der Waals surface area contributed by atoms with Crippen molar-refractivity contribution >= 4 is 23.3 Å². The van der Waals surface area contributed by atoms with Crippen LogP contribution in [0.2, 0.25) is 0 Å². The van der Waals surface area contributed by atoms with E-state index in [1.54, 1.807) is 12.3 Å². The molecule has 0 saturated heterocycles. The molecule has 0 aliphatic heterocycles. The molecule has 2 heterocycles. The summed E-state index contributed by atoms with van der Waals surface area (Å²) < 4.78 is 26.1. The number of benzene rings is 1. The van der Waals surface area contributed by atoms with Gasteiger partial charge in [-0.25, -0.2) is 4.68 Å². The minimum absolute atomic E-state index is 0.00163. The monoisotopic (exact) mass is 407 g/mol. The van der Waals surface area contributed by atoms with E-state index in [9.17, 15) is 8.78 Å². The van der Waals surface area contributed by atoms with E-state index in [4.69, 9.17) is 10.7 Å². The third kappa shape index (κ3) is 3.98. The number of hydrogen-bond donors (Lipinski definition) is 3. The first-order valence-corrected chi connectivity index (χ1v) is 9.46. The van der Waals surface area contributed by atoms with Crippen LogP contribution in [0.15, 0.2) is 42.9 Å². The van der Waals surface area contributed by atoms with Gasteiger partial charge in [0.15, 0.2) is 0 Å². The molecule has 0 fully saturated rings. The first-order valence-electron chi connectivity index (χ1n) is 9.46. The Morgan fingerprint density at radius 3 is 2.87 bits per heavy atom. The predicted octanol–water partition coefficient (Wildman–Crippen LogP) is 4.78. The zero-order valence-electron chi connectivity index (χ0n) is 15.9. The minimum Gasteiger partial charge on any atom is -0.377 e. The average Bonchev–Trinajstić information content (AvgIpc) is 3.23. The largest absolute Gasteiger partial charge is 0.377 e. The molecule has 1 unspecified atom stereocenters. The van der Waals surface area contributed by atoms with Crippen LogP contribution in [0, 0.1) is 16.7 Å². The van der Waals surface area contributed by atoms with Crippen molar-refractivity contribution in [2.45, 2.75) is 31.9 Å². The normalized spacial score (nSPS) is 15.3. The highest BCUT2D eigenvalue weighted by Crippen LogP contribution is 2.33. The fraction of sp³-hybridized carbons (Fsp3) is 0.238. The van der Waals surface area contributed by atoms with Gasteiger partial charge in [0.25, 0.3) is 0 Å². The van der Waals surface area contributed by atoms with E-state index in [0.29, 0.717) is 27.2 Å². The lowest BCUT2D eigenvalue weighted by atomic mass is 9.91. The second-order valence-corrected chi connectivity index (χ2v) is 7.03. The second-order valence-electron chi connectivity index (χ2n) is 7.03. The molecule has 0 spiro atoms. The van der Waals surface area contributed by atoms with Crippen LogP contribution < -0.4 is 10.6 Å². The molecule has 0 amide bonds. The summed E-state index contributed by atoms with van der Waals surface area (Å²) >= 11 is 0. The molecule has 0 radical (unpaired) electrons. The van der Waals surface area contributed by atoms with Crippen LogP contribution in [0.3, 0.4) is 0 Å². The summed E-state index contributed by atoms with van der Waals surface area (Å²) in [5.74, 6) is 0. The SMILES string of the molecule is N#Cc1cnc2c(c1)CCCC2Nc1ccc(C=N)c(Nc2cnn(C(F)F)c2)c1. The molecule has 30 heavy (non-hydrogen) atoms. The van der Waals surface area contributed by atoms with Gasteiger partial charge >= 0.3 is 6.55 Å². The summed E-state index contributed by atoms with van der Waals surface area (Å²) in [5.41, 5.74) is 5.01. The van der Waals surface area contributed by atoms with Crippen LogP contribution in [0.1, 0.15) is 47.8 Å². The number of rotatable bonds is 6. The lowest BCUT2D eigenvalue weighted by molar-refractivity contribution is 0.0566. The summed E-state index contributed by atoms with van der Waals surface area (Å²) in [5, 5.41) is 26.9. The zero-order chi connectivity index (χ0) is 21.1. The van der Waals surface area contributed by atoms with Gasteiger partial charge in [-0.15, -0.1) is 0 Å². The predicted molar refractivity (Wildman–Crippen MR) is 109 cm³/mol. The van der Waals surface area contributed by atoms with Gasteiger partial charge in [-0.05, 0) is 49.1 Å². The first kappa shape index (κ1) is 19.5. The van der Waals surface area contributed by atoms with Crippen molar-refractivity contribution in [3.8, 4) is 6.07 Å². The quantitative estimate of drug-likeness (QED) is 0.511. The summed E-state index contributed by atoms with van der Waals surface area (Å²) in [6, 6.07) is 9.50. The van der Waals surface area contributed by atoms with E-state index < -0.39 is 6.55 Å². The van der Waals surface area contributed by atoms with E-state index in [1.165, 1.54) is 18.6 Å². The molecule has 9 heteroatoms. The highest BCUT2D eigenvalue weighted by molar-refractivity contribution is 5.88. The Hall–Kier alpha value is -3.80. The lowest BCUT2D eigenvalue weighted by Gasteiger charge is -2.26. The van der Waals surface area contributed by atoms with Crippen molar-refractivity contribution in [3.05, 3.63) is 65.2 Å². The third-order valence-electron chi connectivity index (χ3n) is 5.03. The van der Waals surface area contributed by atoms with Gasteiger partial charge in [0, 0.05) is 29.3 Å². The molecule has 1 atom stereocenters. The summed E-state index contributed by atoms with van der Waals surface area (Å²) in [6.07, 6.45) is 8.10. The molecule has 1 aromatic carbocycles. The number of nitrogens with zero attached hydrogens (tertiary/aromatic N) is 4. The maximum absolute atomic E-state index is 12.8. The van der Waals surface area contributed by atoms with Crippen molar-refractivity contribution in [1.82, 2.24) is 14.8 Å². The van der Waals surface area contributed by atoms with Crippen molar-refractivity contribution in [2.75, 3.05) is 10.6 Å². The van der Waals surface area contributed by atoms with Crippen LogP contribution in [-0.4, -0.2) is 21.0 Å². The van der Waals surface area contributed by atoms with Crippen molar-refractivity contribution in [3.63, 3.8) is 0 Å². The number of nitriles is 1. The van der Waals surface area contributed by atoms with E-state index in [0.717, 1.165) is 36.2 Å². The number of anilines is 3. The average molecular weight is 407 g/mol. The molecule has 3 N–H and O–H groups in total. The van der Waals surface area contributed by atoms with Gasteiger partial charge in [0.05, 0.1) is 35.4 Å². The highest BCUT2D eigenvalue weighted by Gasteiger charge is 2.22. The maximum Gasteiger partial charge on any atom is 0.333 e. The number of pyridine rings is 1. The fourth-order valence-electron chi connectivity index (χ4n) is 3.62. The van der Waals surface area contributed by atoms with Crippen molar-refractivity contribution in [2.24, 2.45) is 0 Å². The Labute approximate surface area is 171 Å². The van der Waals surface area contributed by atoms with Crippen LogP contribution in [0.4, 0.5) is 25.8 Å². The summed E-state index contributed by atoms with van der Waals surface area (Å²) in [4.78, 5) is 4.49. The van der Waals surface area contributed by atoms with Gasteiger partial charge in [0.2, 0.25) is 0 Å². The molecule has 4 rings (SSSR count). The summed E-state index contributed by atoms with van der Waals surface area (Å²) in [7, 11) is 0. The Balaban J connectivity index is 1.58. The first-order chi connectivity index (χ1) is 14.6. The Morgan fingerprint density at radius 1 is 1.27 bits per heavy atom. The minimum atomic E-state index is -2.71. The number of fused-ring (bicyclic) bond motifs is 1. The van der Waals surface area contributed by atoms with Crippen molar-refractivity contribution < 1.29 is 8.78 Å². The molecule has 0 bridgehead atoms.